The second-order valence-electron chi connectivity index (χ2n) is 4.19. The zero-order valence-electron chi connectivity index (χ0n) is 10.4. The van der Waals surface area contributed by atoms with Gasteiger partial charge in [-0.25, -0.2) is 4.98 Å². The van der Waals surface area contributed by atoms with Crippen molar-refractivity contribution in [3.8, 4) is 11.3 Å². The molecule has 0 spiro atoms. The van der Waals surface area contributed by atoms with Crippen molar-refractivity contribution in [3.63, 3.8) is 0 Å². The van der Waals surface area contributed by atoms with Crippen molar-refractivity contribution in [2.75, 3.05) is 5.88 Å². The van der Waals surface area contributed by atoms with Crippen LogP contribution in [0.15, 0.2) is 28.8 Å². The monoisotopic (exact) mass is 280 g/mol. The van der Waals surface area contributed by atoms with E-state index >= 15 is 0 Å². The molecule has 0 saturated heterocycles. The van der Waals surface area contributed by atoms with E-state index in [1.54, 1.807) is 12.1 Å². The summed E-state index contributed by atoms with van der Waals surface area (Å²) in [6.07, 6.45) is 2.91. The maximum absolute atomic E-state index is 11.0. The molecule has 0 radical (unpaired) electrons. The molecule has 0 amide bonds. The average molecular weight is 281 g/mol. The molecule has 1 heterocycles. The minimum Gasteiger partial charge on any atom is -0.440 e. The van der Waals surface area contributed by atoms with Crippen molar-refractivity contribution in [2.45, 2.75) is 19.8 Å². The van der Waals surface area contributed by atoms with E-state index in [4.69, 9.17) is 16.0 Å². The van der Waals surface area contributed by atoms with Gasteiger partial charge in [-0.15, -0.1) is 11.6 Å². The van der Waals surface area contributed by atoms with Crippen LogP contribution in [0.4, 0.5) is 5.69 Å². The van der Waals surface area contributed by atoms with Gasteiger partial charge in [0.25, 0.3) is 5.69 Å². The van der Waals surface area contributed by atoms with Gasteiger partial charge in [-0.05, 0) is 25.0 Å². The number of nitrogens with zero attached hydrogens (tertiary/aromatic N) is 2. The fourth-order valence-corrected chi connectivity index (χ4v) is 1.91. The molecule has 0 unspecified atom stereocenters. The molecule has 0 fully saturated rings. The first kappa shape index (κ1) is 13.5. The molecule has 5 nitrogen and oxygen atoms in total. The summed E-state index contributed by atoms with van der Waals surface area (Å²) in [5.74, 6) is 1.49. The van der Waals surface area contributed by atoms with Crippen LogP contribution >= 0.6 is 11.6 Å². The second-order valence-corrected chi connectivity index (χ2v) is 4.57. The molecule has 1 aromatic heterocycles. The van der Waals surface area contributed by atoms with Crippen LogP contribution in [0.25, 0.3) is 11.3 Å². The molecule has 2 rings (SSSR count). The van der Waals surface area contributed by atoms with Gasteiger partial charge in [-0.3, -0.25) is 10.1 Å². The van der Waals surface area contributed by atoms with Crippen molar-refractivity contribution in [1.29, 1.82) is 0 Å². The van der Waals surface area contributed by atoms with Gasteiger partial charge < -0.3 is 4.42 Å². The van der Waals surface area contributed by atoms with Gasteiger partial charge in [-0.2, -0.15) is 0 Å². The van der Waals surface area contributed by atoms with E-state index in [2.05, 4.69) is 4.98 Å². The van der Waals surface area contributed by atoms with Gasteiger partial charge in [0.15, 0.2) is 11.7 Å². The minimum absolute atomic E-state index is 0.0191. The first-order valence-electron chi connectivity index (χ1n) is 5.88. The normalized spacial score (nSPS) is 10.6. The summed E-state index contributed by atoms with van der Waals surface area (Å²) in [6.45, 7) is 1.87. The Morgan fingerprint density at radius 2 is 2.26 bits per heavy atom. The number of alkyl halides is 1. The van der Waals surface area contributed by atoms with Gasteiger partial charge >= 0.3 is 0 Å². The van der Waals surface area contributed by atoms with Crippen LogP contribution in [0.1, 0.15) is 17.9 Å². The van der Waals surface area contributed by atoms with E-state index in [-0.39, 0.29) is 5.69 Å². The number of hydrogen-bond donors (Lipinski definition) is 0. The maximum Gasteiger partial charge on any atom is 0.280 e. The molecule has 1 aromatic carbocycles. The van der Waals surface area contributed by atoms with Crippen LogP contribution in [0.5, 0.6) is 0 Å². The SMILES string of the molecule is Cc1ccc([N+](=O)[O-])c(-c2cnc(CCCCl)o2)c1. The van der Waals surface area contributed by atoms with E-state index in [9.17, 15) is 10.1 Å². The van der Waals surface area contributed by atoms with Gasteiger partial charge in [0, 0.05) is 18.4 Å². The zero-order valence-corrected chi connectivity index (χ0v) is 11.2. The molecule has 0 atom stereocenters. The smallest absolute Gasteiger partial charge is 0.280 e. The lowest BCUT2D eigenvalue weighted by molar-refractivity contribution is -0.384. The zero-order chi connectivity index (χ0) is 13.8. The van der Waals surface area contributed by atoms with E-state index in [1.165, 1.54) is 12.3 Å². The summed E-state index contributed by atoms with van der Waals surface area (Å²) in [6, 6.07) is 4.90. The Hall–Kier alpha value is -1.88. The number of aromatic nitrogens is 1. The topological polar surface area (TPSA) is 69.2 Å². The van der Waals surface area contributed by atoms with Gasteiger partial charge in [0.1, 0.15) is 0 Å². The number of rotatable bonds is 5. The molecule has 0 N–H and O–H groups in total. The van der Waals surface area contributed by atoms with Crippen LogP contribution in [0.3, 0.4) is 0 Å². The number of aryl methyl sites for hydroxylation is 2. The molecular formula is C13H13ClN2O3. The number of nitro benzene ring substituents is 1. The Balaban J connectivity index is 2.37. The Labute approximate surface area is 115 Å². The van der Waals surface area contributed by atoms with Crippen molar-refractivity contribution in [2.24, 2.45) is 0 Å². The lowest BCUT2D eigenvalue weighted by atomic mass is 10.1. The molecule has 0 aliphatic rings. The third-order valence-corrected chi connectivity index (χ3v) is 2.96. The lowest BCUT2D eigenvalue weighted by Gasteiger charge is -2.00. The number of nitro groups is 1. The molecule has 0 aliphatic carbocycles. The summed E-state index contributed by atoms with van der Waals surface area (Å²) in [5, 5.41) is 11.0. The fraction of sp³-hybridized carbons (Fsp3) is 0.308. The predicted molar refractivity (Wildman–Crippen MR) is 72.4 cm³/mol. The van der Waals surface area contributed by atoms with Crippen LogP contribution in [-0.2, 0) is 6.42 Å². The quantitative estimate of drug-likeness (QED) is 0.475. The molecule has 0 saturated carbocycles. The highest BCUT2D eigenvalue weighted by Crippen LogP contribution is 2.31. The Morgan fingerprint density at radius 3 is 2.95 bits per heavy atom. The highest BCUT2D eigenvalue weighted by molar-refractivity contribution is 6.17. The van der Waals surface area contributed by atoms with E-state index < -0.39 is 4.92 Å². The molecule has 0 aliphatic heterocycles. The minimum atomic E-state index is -0.421. The number of hydrogen-bond acceptors (Lipinski definition) is 4. The molecule has 100 valence electrons. The maximum atomic E-state index is 11.0. The Kier molecular flexibility index (Phi) is 4.16. The Bertz CT molecular complexity index is 595. The summed E-state index contributed by atoms with van der Waals surface area (Å²) >= 11 is 5.60. The van der Waals surface area contributed by atoms with Gasteiger partial charge in [0.2, 0.25) is 0 Å². The first-order chi connectivity index (χ1) is 9.11. The molecular weight excluding hydrogens is 268 g/mol. The average Bonchev–Trinajstić information content (AvgIpc) is 2.84. The summed E-state index contributed by atoms with van der Waals surface area (Å²) < 4.78 is 5.54. The van der Waals surface area contributed by atoms with Crippen LogP contribution in [-0.4, -0.2) is 15.8 Å². The van der Waals surface area contributed by atoms with Crippen molar-refractivity contribution in [1.82, 2.24) is 4.98 Å². The number of halogens is 1. The van der Waals surface area contributed by atoms with E-state index in [0.29, 0.717) is 29.5 Å². The van der Waals surface area contributed by atoms with E-state index in [1.807, 2.05) is 6.92 Å². The summed E-state index contributed by atoms with van der Waals surface area (Å²) in [7, 11) is 0. The third-order valence-electron chi connectivity index (χ3n) is 2.69. The van der Waals surface area contributed by atoms with Gasteiger partial charge in [0.05, 0.1) is 16.7 Å². The van der Waals surface area contributed by atoms with Crippen molar-refractivity contribution >= 4 is 17.3 Å². The molecule has 19 heavy (non-hydrogen) atoms. The summed E-state index contributed by atoms with van der Waals surface area (Å²) in [5.41, 5.74) is 1.40. The second kappa shape index (κ2) is 5.84. The third kappa shape index (κ3) is 3.12. The summed E-state index contributed by atoms with van der Waals surface area (Å²) in [4.78, 5) is 14.7. The van der Waals surface area contributed by atoms with Crippen molar-refractivity contribution < 1.29 is 9.34 Å². The number of benzene rings is 1. The van der Waals surface area contributed by atoms with Crippen molar-refractivity contribution in [3.05, 3.63) is 46.0 Å². The van der Waals surface area contributed by atoms with Crippen LogP contribution in [0.2, 0.25) is 0 Å². The molecule has 6 heteroatoms. The molecule has 2 aromatic rings. The highest BCUT2D eigenvalue weighted by atomic mass is 35.5. The number of oxazole rings is 1. The fourth-order valence-electron chi connectivity index (χ4n) is 1.77. The first-order valence-corrected chi connectivity index (χ1v) is 6.41. The molecule has 0 bridgehead atoms. The van der Waals surface area contributed by atoms with Crippen LogP contribution in [0, 0.1) is 17.0 Å². The lowest BCUT2D eigenvalue weighted by Crippen LogP contribution is -1.92. The predicted octanol–water partition coefficient (Wildman–Crippen LogP) is 3.73. The Morgan fingerprint density at radius 1 is 1.47 bits per heavy atom. The largest absolute Gasteiger partial charge is 0.440 e. The van der Waals surface area contributed by atoms with Gasteiger partial charge in [-0.1, -0.05) is 6.07 Å². The van der Waals surface area contributed by atoms with E-state index in [0.717, 1.165) is 12.0 Å². The highest BCUT2D eigenvalue weighted by Gasteiger charge is 2.18. The van der Waals surface area contributed by atoms with Crippen LogP contribution < -0.4 is 0 Å². The standard InChI is InChI=1S/C13H13ClN2O3/c1-9-4-5-11(16(17)18)10(7-9)12-8-15-13(19-12)3-2-6-14/h4-5,7-8H,2-3,6H2,1H3.